The molecule has 0 N–H and O–H groups in total. The third kappa shape index (κ3) is 3.33. The van der Waals surface area contributed by atoms with E-state index in [4.69, 9.17) is 0 Å². The first-order chi connectivity index (χ1) is 13.2. The Morgan fingerprint density at radius 3 is 1.48 bits per heavy atom. The van der Waals surface area contributed by atoms with E-state index in [2.05, 4.69) is 119 Å². The third-order valence-corrected chi connectivity index (χ3v) is 15.7. The van der Waals surface area contributed by atoms with Crippen molar-refractivity contribution in [2.45, 2.75) is 19.3 Å². The minimum absolute atomic E-state index is 0.688. The summed E-state index contributed by atoms with van der Waals surface area (Å²) in [6, 6.07) is 33.4. The zero-order chi connectivity index (χ0) is 18.6. The van der Waals surface area contributed by atoms with Crippen molar-refractivity contribution in [3.8, 4) is 0 Å². The second-order valence-corrected chi connectivity index (χ2v) is 16.5. The molecule has 4 rings (SSSR count). The van der Waals surface area contributed by atoms with E-state index in [9.17, 15) is 0 Å². The van der Waals surface area contributed by atoms with Crippen LogP contribution in [-0.2, 0) is 0 Å². The van der Waals surface area contributed by atoms with Crippen LogP contribution in [0.4, 0.5) is 0 Å². The molecule has 0 heterocycles. The van der Waals surface area contributed by atoms with E-state index in [0.29, 0.717) is 5.92 Å². The number of halogens is 1. The van der Waals surface area contributed by atoms with E-state index in [1.807, 2.05) is 0 Å². The van der Waals surface area contributed by atoms with Gasteiger partial charge in [0.05, 0.1) is 0 Å². The molecule has 3 aromatic carbocycles. The SMILES string of the molecule is BrP(C[C@H]1CC=CCC1)(c1ccccc1)(c1ccccc1)c1ccccc1. The molecule has 0 radical (unpaired) electrons. The van der Waals surface area contributed by atoms with Crippen LogP contribution in [0.25, 0.3) is 0 Å². The third-order valence-electron chi connectivity index (χ3n) is 5.86. The van der Waals surface area contributed by atoms with Gasteiger partial charge < -0.3 is 0 Å². The van der Waals surface area contributed by atoms with Crippen molar-refractivity contribution in [1.29, 1.82) is 0 Å². The fourth-order valence-electron chi connectivity index (χ4n) is 4.49. The average molecular weight is 437 g/mol. The number of rotatable bonds is 5. The molecule has 1 aliphatic carbocycles. The summed E-state index contributed by atoms with van der Waals surface area (Å²) in [5.41, 5.74) is 0. The van der Waals surface area contributed by atoms with E-state index in [-0.39, 0.29) is 0 Å². The molecule has 2 heteroatoms. The summed E-state index contributed by atoms with van der Waals surface area (Å²) in [6.45, 7) is 0. The van der Waals surface area contributed by atoms with Crippen LogP contribution >= 0.6 is 20.8 Å². The molecule has 138 valence electrons. The van der Waals surface area contributed by atoms with E-state index in [0.717, 1.165) is 6.16 Å². The van der Waals surface area contributed by atoms with Crippen molar-refractivity contribution >= 4 is 36.7 Å². The summed E-state index contributed by atoms with van der Waals surface area (Å²) in [5.74, 6) is 0.688. The summed E-state index contributed by atoms with van der Waals surface area (Å²) in [5, 5.41) is 1.53. The van der Waals surface area contributed by atoms with Gasteiger partial charge in [-0.2, -0.15) is 0 Å². The first-order valence-electron chi connectivity index (χ1n) is 9.76. The van der Waals surface area contributed by atoms with Crippen molar-refractivity contribution < 1.29 is 0 Å². The molecule has 0 amide bonds. The van der Waals surface area contributed by atoms with Gasteiger partial charge in [-0.1, -0.05) is 0 Å². The molecular weight excluding hydrogens is 411 g/mol. The van der Waals surface area contributed by atoms with Crippen LogP contribution in [-0.4, -0.2) is 6.16 Å². The standard InChI is InChI=1S/C25H26BrP/c26-27(23-15-7-2-8-16-23,24-17-9-3-10-18-24,25-19-11-4-12-20-25)21-22-13-5-1-6-14-22/h1-5,7-12,15-20,22H,6,13-14,21H2/t22-/m0/s1. The quantitative estimate of drug-likeness (QED) is 0.330. The second kappa shape index (κ2) is 7.74. The van der Waals surface area contributed by atoms with Gasteiger partial charge in [0.1, 0.15) is 0 Å². The summed E-state index contributed by atoms with van der Waals surface area (Å²) in [7, 11) is 0. The number of allylic oxidation sites excluding steroid dienone is 2. The van der Waals surface area contributed by atoms with Gasteiger partial charge in [-0.15, -0.1) is 0 Å². The number of hydrogen-bond acceptors (Lipinski definition) is 0. The van der Waals surface area contributed by atoms with Crippen molar-refractivity contribution in [1.82, 2.24) is 0 Å². The molecule has 1 atom stereocenters. The molecule has 0 saturated carbocycles. The topological polar surface area (TPSA) is 0 Å². The predicted molar refractivity (Wildman–Crippen MR) is 125 cm³/mol. The first-order valence-corrected chi connectivity index (χ1v) is 14.2. The van der Waals surface area contributed by atoms with Gasteiger partial charge in [-0.25, -0.2) is 0 Å². The molecule has 27 heavy (non-hydrogen) atoms. The van der Waals surface area contributed by atoms with Crippen LogP contribution in [0.2, 0.25) is 0 Å². The van der Waals surface area contributed by atoms with Crippen LogP contribution in [0.5, 0.6) is 0 Å². The molecule has 0 fully saturated rings. The Hall–Kier alpha value is -1.69. The monoisotopic (exact) mass is 436 g/mol. The Labute approximate surface area is 171 Å². The molecule has 0 bridgehead atoms. The van der Waals surface area contributed by atoms with Gasteiger partial charge in [0.25, 0.3) is 0 Å². The van der Waals surface area contributed by atoms with E-state index >= 15 is 0 Å². The Balaban J connectivity index is 2.01. The molecule has 0 saturated heterocycles. The summed E-state index contributed by atoms with van der Waals surface area (Å²) < 4.78 is 0. The first kappa shape index (κ1) is 18.7. The summed E-state index contributed by atoms with van der Waals surface area (Å²) in [4.78, 5) is 0. The van der Waals surface area contributed by atoms with E-state index in [1.54, 1.807) is 0 Å². The van der Waals surface area contributed by atoms with Crippen LogP contribution in [0.15, 0.2) is 103 Å². The van der Waals surface area contributed by atoms with Crippen LogP contribution in [0.1, 0.15) is 19.3 Å². The van der Waals surface area contributed by atoms with Crippen LogP contribution in [0.3, 0.4) is 0 Å². The number of benzene rings is 3. The van der Waals surface area contributed by atoms with Crippen molar-refractivity contribution in [3.63, 3.8) is 0 Å². The number of hydrogen-bond donors (Lipinski definition) is 0. The Kier molecular flexibility index (Phi) is 5.35. The van der Waals surface area contributed by atoms with E-state index in [1.165, 1.54) is 35.2 Å². The van der Waals surface area contributed by atoms with Crippen LogP contribution < -0.4 is 15.9 Å². The van der Waals surface area contributed by atoms with Crippen LogP contribution in [0, 0.1) is 5.92 Å². The van der Waals surface area contributed by atoms with Crippen molar-refractivity contribution in [2.24, 2.45) is 5.92 Å². The second-order valence-electron chi connectivity index (χ2n) is 7.52. The Bertz CT molecular complexity index is 803. The average Bonchev–Trinajstić information content (AvgIpc) is 2.76. The van der Waals surface area contributed by atoms with Gasteiger partial charge in [0.15, 0.2) is 0 Å². The molecule has 0 spiro atoms. The zero-order valence-corrected chi connectivity index (χ0v) is 18.0. The Morgan fingerprint density at radius 1 is 0.667 bits per heavy atom. The maximum absolute atomic E-state index is 4.56. The Morgan fingerprint density at radius 2 is 1.11 bits per heavy atom. The molecule has 3 aromatic rings. The summed E-state index contributed by atoms with van der Waals surface area (Å²) in [6.07, 6.45) is 9.52. The van der Waals surface area contributed by atoms with Crippen molar-refractivity contribution in [2.75, 3.05) is 6.16 Å². The molecule has 1 aliphatic rings. The van der Waals surface area contributed by atoms with Gasteiger partial charge in [0.2, 0.25) is 0 Å². The van der Waals surface area contributed by atoms with Gasteiger partial charge >= 0.3 is 171 Å². The van der Waals surface area contributed by atoms with E-state index < -0.39 is 5.31 Å². The maximum atomic E-state index is 4.56. The minimum atomic E-state index is -2.75. The fraction of sp³-hybridized carbons (Fsp3) is 0.200. The normalized spacial score (nSPS) is 18.6. The van der Waals surface area contributed by atoms with Gasteiger partial charge in [0, 0.05) is 0 Å². The van der Waals surface area contributed by atoms with Gasteiger partial charge in [-0.3, -0.25) is 0 Å². The fourth-order valence-corrected chi connectivity index (χ4v) is 13.1. The molecule has 0 unspecified atom stereocenters. The van der Waals surface area contributed by atoms with Crippen molar-refractivity contribution in [3.05, 3.63) is 103 Å². The predicted octanol–water partition coefficient (Wildman–Crippen LogP) is 6.18. The molecule has 0 aliphatic heterocycles. The summed E-state index contributed by atoms with van der Waals surface area (Å²) >= 11 is 4.56. The molecule has 0 aromatic heterocycles. The zero-order valence-electron chi connectivity index (χ0n) is 15.5. The molecule has 0 nitrogen and oxygen atoms in total. The molecular formula is C25H26BrP. The van der Waals surface area contributed by atoms with Gasteiger partial charge in [-0.05, 0) is 0 Å².